The number of rotatable bonds is 2. The van der Waals surface area contributed by atoms with Crippen molar-refractivity contribution in [2.75, 3.05) is 0 Å². The normalized spacial score (nSPS) is 9.53. The van der Waals surface area contributed by atoms with Gasteiger partial charge in [-0.3, -0.25) is 0 Å². The van der Waals surface area contributed by atoms with Gasteiger partial charge in [-0.05, 0) is 30.7 Å². The highest BCUT2D eigenvalue weighted by atomic mass is 16.7. The summed E-state index contributed by atoms with van der Waals surface area (Å²) in [5.41, 5.74) is 1.09. The summed E-state index contributed by atoms with van der Waals surface area (Å²) in [4.78, 5) is 30.2. The van der Waals surface area contributed by atoms with E-state index in [1.165, 1.54) is 18.2 Å². The van der Waals surface area contributed by atoms with Crippen LogP contribution in [-0.2, 0) is 9.68 Å². The molecule has 0 aliphatic carbocycles. The summed E-state index contributed by atoms with van der Waals surface area (Å²) >= 11 is 0. The van der Waals surface area contributed by atoms with Gasteiger partial charge in [0.25, 0.3) is 0 Å². The molecule has 0 spiro atoms. The van der Waals surface area contributed by atoms with Gasteiger partial charge in [-0.1, -0.05) is 0 Å². The van der Waals surface area contributed by atoms with Crippen LogP contribution in [0.5, 0.6) is 0 Å². The summed E-state index contributed by atoms with van der Waals surface area (Å²) in [5, 5.41) is 0. The van der Waals surface area contributed by atoms with Gasteiger partial charge in [0.2, 0.25) is 0 Å². The highest BCUT2D eigenvalue weighted by molar-refractivity contribution is 5.94. The summed E-state index contributed by atoms with van der Waals surface area (Å²) in [7, 11) is 0. The quantitative estimate of drug-likeness (QED) is 0.668. The molecule has 0 unspecified atom stereocenters. The maximum absolute atomic E-state index is 11.1. The standard InChI is InChI=1S/C9H10N2O4/c1-5-4-6(8(12)14-10)2-3-7(5)9(13)15-11/h2-4H,10-11H2,1H3. The zero-order valence-electron chi connectivity index (χ0n) is 8.02. The summed E-state index contributed by atoms with van der Waals surface area (Å²) in [6, 6.07) is 4.27. The molecule has 0 aliphatic heterocycles. The Morgan fingerprint density at radius 3 is 2.20 bits per heavy atom. The van der Waals surface area contributed by atoms with Crippen LogP contribution in [0.3, 0.4) is 0 Å². The third kappa shape index (κ3) is 2.30. The molecule has 6 heteroatoms. The second-order valence-corrected chi connectivity index (χ2v) is 2.84. The van der Waals surface area contributed by atoms with E-state index in [1.54, 1.807) is 6.92 Å². The monoisotopic (exact) mass is 210 g/mol. The van der Waals surface area contributed by atoms with E-state index >= 15 is 0 Å². The lowest BCUT2D eigenvalue weighted by Gasteiger charge is -2.04. The third-order valence-electron chi connectivity index (χ3n) is 1.90. The molecule has 4 N–H and O–H groups in total. The van der Waals surface area contributed by atoms with Crippen molar-refractivity contribution >= 4 is 11.9 Å². The van der Waals surface area contributed by atoms with E-state index in [0.29, 0.717) is 5.56 Å². The number of benzene rings is 1. The molecular formula is C9H10N2O4. The molecule has 1 aromatic carbocycles. The predicted octanol–water partition coefficient (Wildman–Crippen LogP) is 0.0560. The molecule has 0 amide bonds. The second-order valence-electron chi connectivity index (χ2n) is 2.84. The molecule has 0 heterocycles. The van der Waals surface area contributed by atoms with E-state index in [2.05, 4.69) is 9.68 Å². The molecule has 0 saturated carbocycles. The Labute approximate surface area is 85.7 Å². The SMILES string of the molecule is Cc1cc(C(=O)ON)ccc1C(=O)ON. The van der Waals surface area contributed by atoms with Gasteiger partial charge >= 0.3 is 11.9 Å². The Balaban J connectivity index is 3.08. The zero-order valence-corrected chi connectivity index (χ0v) is 8.02. The summed E-state index contributed by atoms with van der Waals surface area (Å²) in [6.45, 7) is 1.64. The fourth-order valence-electron chi connectivity index (χ4n) is 1.15. The van der Waals surface area contributed by atoms with Crippen LogP contribution in [0.25, 0.3) is 0 Å². The number of carbonyl (C=O) groups excluding carboxylic acids is 2. The minimum Gasteiger partial charge on any atom is -0.370 e. The number of nitrogens with two attached hydrogens (primary N) is 2. The molecule has 0 fully saturated rings. The van der Waals surface area contributed by atoms with Crippen molar-refractivity contribution in [1.29, 1.82) is 0 Å². The minimum atomic E-state index is -0.675. The minimum absolute atomic E-state index is 0.253. The molecule has 0 atom stereocenters. The summed E-state index contributed by atoms with van der Waals surface area (Å²) < 4.78 is 0. The van der Waals surface area contributed by atoms with Crippen molar-refractivity contribution in [3.05, 3.63) is 34.9 Å². The van der Waals surface area contributed by atoms with E-state index in [1.807, 2.05) is 0 Å². The van der Waals surface area contributed by atoms with Gasteiger partial charge in [-0.2, -0.15) is 11.8 Å². The first kappa shape index (κ1) is 11.2. The Morgan fingerprint density at radius 2 is 1.73 bits per heavy atom. The van der Waals surface area contributed by atoms with Crippen LogP contribution in [0.2, 0.25) is 0 Å². The van der Waals surface area contributed by atoms with Crippen molar-refractivity contribution < 1.29 is 19.3 Å². The fraction of sp³-hybridized carbons (Fsp3) is 0.111. The smallest absolute Gasteiger partial charge is 0.356 e. The van der Waals surface area contributed by atoms with Gasteiger partial charge in [0.1, 0.15) is 0 Å². The number of aryl methyl sites for hydroxylation is 1. The molecule has 0 bridgehead atoms. The maximum atomic E-state index is 11.1. The molecule has 0 aromatic heterocycles. The van der Waals surface area contributed by atoms with Gasteiger partial charge in [0, 0.05) is 0 Å². The molecule has 0 aliphatic rings. The van der Waals surface area contributed by atoms with E-state index in [9.17, 15) is 9.59 Å². The van der Waals surface area contributed by atoms with Gasteiger partial charge in [0.05, 0.1) is 11.1 Å². The largest absolute Gasteiger partial charge is 0.370 e. The van der Waals surface area contributed by atoms with Crippen molar-refractivity contribution in [1.82, 2.24) is 0 Å². The lowest BCUT2D eigenvalue weighted by Crippen LogP contribution is -2.14. The van der Waals surface area contributed by atoms with Crippen molar-refractivity contribution in [2.24, 2.45) is 11.8 Å². The number of carbonyl (C=O) groups is 2. The van der Waals surface area contributed by atoms with Gasteiger partial charge in [0.15, 0.2) is 0 Å². The first-order valence-corrected chi connectivity index (χ1v) is 4.03. The molecule has 0 radical (unpaired) electrons. The van der Waals surface area contributed by atoms with Crippen LogP contribution in [0.15, 0.2) is 18.2 Å². The Hall–Kier alpha value is -1.92. The first-order chi connectivity index (χ1) is 7.10. The van der Waals surface area contributed by atoms with Crippen LogP contribution in [0, 0.1) is 6.92 Å². The van der Waals surface area contributed by atoms with Crippen molar-refractivity contribution in [3.8, 4) is 0 Å². The van der Waals surface area contributed by atoms with Crippen LogP contribution in [0.4, 0.5) is 0 Å². The topological polar surface area (TPSA) is 105 Å². The molecule has 0 saturated heterocycles. The lowest BCUT2D eigenvalue weighted by molar-refractivity contribution is 0.0489. The summed E-state index contributed by atoms with van der Waals surface area (Å²) in [6.07, 6.45) is 0. The van der Waals surface area contributed by atoms with Crippen LogP contribution >= 0.6 is 0 Å². The fourth-order valence-corrected chi connectivity index (χ4v) is 1.15. The average molecular weight is 210 g/mol. The first-order valence-electron chi connectivity index (χ1n) is 4.03. The lowest BCUT2D eigenvalue weighted by atomic mass is 10.1. The Morgan fingerprint density at radius 1 is 1.13 bits per heavy atom. The van der Waals surface area contributed by atoms with Crippen molar-refractivity contribution in [2.45, 2.75) is 6.92 Å². The van der Waals surface area contributed by atoms with Gasteiger partial charge < -0.3 is 9.68 Å². The number of hydrogen-bond donors (Lipinski definition) is 2. The van der Waals surface area contributed by atoms with Gasteiger partial charge in [-0.25, -0.2) is 9.59 Å². The Kier molecular flexibility index (Phi) is 3.37. The third-order valence-corrected chi connectivity index (χ3v) is 1.90. The predicted molar refractivity (Wildman–Crippen MR) is 50.4 cm³/mol. The molecule has 1 aromatic rings. The van der Waals surface area contributed by atoms with Crippen LogP contribution in [-0.4, -0.2) is 11.9 Å². The van der Waals surface area contributed by atoms with E-state index < -0.39 is 11.9 Å². The Bertz CT molecular complexity index is 403. The molecule has 6 nitrogen and oxygen atoms in total. The molecule has 1 rings (SSSR count). The molecule has 15 heavy (non-hydrogen) atoms. The van der Waals surface area contributed by atoms with E-state index in [-0.39, 0.29) is 11.1 Å². The second kappa shape index (κ2) is 4.54. The zero-order chi connectivity index (χ0) is 11.4. The number of hydrogen-bond acceptors (Lipinski definition) is 6. The van der Waals surface area contributed by atoms with Crippen molar-refractivity contribution in [3.63, 3.8) is 0 Å². The van der Waals surface area contributed by atoms with Gasteiger partial charge in [-0.15, -0.1) is 0 Å². The van der Waals surface area contributed by atoms with E-state index in [4.69, 9.17) is 11.8 Å². The summed E-state index contributed by atoms with van der Waals surface area (Å²) in [5.74, 6) is 8.11. The molecule has 80 valence electrons. The molecular weight excluding hydrogens is 200 g/mol. The highest BCUT2D eigenvalue weighted by Crippen LogP contribution is 2.12. The van der Waals surface area contributed by atoms with Crippen LogP contribution in [0.1, 0.15) is 26.3 Å². The van der Waals surface area contributed by atoms with E-state index in [0.717, 1.165) is 0 Å². The maximum Gasteiger partial charge on any atom is 0.356 e. The average Bonchev–Trinajstić information content (AvgIpc) is 2.26. The van der Waals surface area contributed by atoms with Crippen LogP contribution < -0.4 is 11.8 Å². The highest BCUT2D eigenvalue weighted by Gasteiger charge is 2.13.